The first-order valence-electron chi connectivity index (χ1n) is 5.94. The van der Waals surface area contributed by atoms with Gasteiger partial charge in [-0.25, -0.2) is 4.79 Å². The van der Waals surface area contributed by atoms with E-state index in [-0.39, 0.29) is 12.8 Å². The SMILES string of the molecule is COC(=O)CCC(NC(=O)c1cccnc1)C(=O)OC. The van der Waals surface area contributed by atoms with Crippen LogP contribution in [0.15, 0.2) is 24.5 Å². The maximum Gasteiger partial charge on any atom is 0.328 e. The Morgan fingerprint density at radius 1 is 1.30 bits per heavy atom. The largest absolute Gasteiger partial charge is 0.469 e. The predicted octanol–water partition coefficient (Wildman–Crippen LogP) is 0.306. The van der Waals surface area contributed by atoms with Gasteiger partial charge in [-0.2, -0.15) is 0 Å². The molecule has 1 heterocycles. The number of carbonyl (C=O) groups excluding carboxylic acids is 3. The fraction of sp³-hybridized carbons (Fsp3) is 0.385. The minimum Gasteiger partial charge on any atom is -0.469 e. The minimum atomic E-state index is -0.910. The monoisotopic (exact) mass is 280 g/mol. The number of carbonyl (C=O) groups is 3. The summed E-state index contributed by atoms with van der Waals surface area (Å²) in [6.45, 7) is 0. The molecule has 7 heteroatoms. The summed E-state index contributed by atoms with van der Waals surface area (Å²) in [5, 5.41) is 2.50. The van der Waals surface area contributed by atoms with Gasteiger partial charge in [-0.15, -0.1) is 0 Å². The lowest BCUT2D eigenvalue weighted by atomic mass is 10.1. The van der Waals surface area contributed by atoms with Crippen molar-refractivity contribution in [1.29, 1.82) is 0 Å². The van der Waals surface area contributed by atoms with Gasteiger partial charge in [0, 0.05) is 18.8 Å². The van der Waals surface area contributed by atoms with Crippen molar-refractivity contribution in [3.05, 3.63) is 30.1 Å². The van der Waals surface area contributed by atoms with Crippen LogP contribution in [0.4, 0.5) is 0 Å². The smallest absolute Gasteiger partial charge is 0.328 e. The van der Waals surface area contributed by atoms with Crippen molar-refractivity contribution >= 4 is 17.8 Å². The highest BCUT2D eigenvalue weighted by Gasteiger charge is 2.23. The van der Waals surface area contributed by atoms with E-state index < -0.39 is 23.9 Å². The average Bonchev–Trinajstić information content (AvgIpc) is 2.50. The number of nitrogens with zero attached hydrogens (tertiary/aromatic N) is 1. The topological polar surface area (TPSA) is 94.6 Å². The molecule has 0 fully saturated rings. The van der Waals surface area contributed by atoms with E-state index in [1.807, 2.05) is 0 Å². The van der Waals surface area contributed by atoms with Crippen LogP contribution in [-0.2, 0) is 19.1 Å². The zero-order chi connectivity index (χ0) is 15.0. The Hall–Kier alpha value is -2.44. The maximum absolute atomic E-state index is 11.9. The standard InChI is InChI=1S/C13H16N2O5/c1-19-11(16)6-5-10(13(18)20-2)15-12(17)9-4-3-7-14-8-9/h3-4,7-8,10H,5-6H2,1-2H3,(H,15,17). The van der Waals surface area contributed by atoms with E-state index in [0.29, 0.717) is 5.56 Å². The number of amides is 1. The Bertz CT molecular complexity index is 475. The number of ether oxygens (including phenoxy) is 2. The molecule has 0 radical (unpaired) electrons. The van der Waals surface area contributed by atoms with Crippen LogP contribution in [0.2, 0.25) is 0 Å². The van der Waals surface area contributed by atoms with Crippen LogP contribution in [0.25, 0.3) is 0 Å². The third kappa shape index (κ3) is 4.68. The Morgan fingerprint density at radius 2 is 2.05 bits per heavy atom. The third-order valence-electron chi connectivity index (χ3n) is 2.58. The van der Waals surface area contributed by atoms with Gasteiger partial charge in [0.25, 0.3) is 5.91 Å². The van der Waals surface area contributed by atoms with Crippen LogP contribution < -0.4 is 5.32 Å². The molecule has 0 aliphatic heterocycles. The van der Waals surface area contributed by atoms with E-state index in [1.165, 1.54) is 26.6 Å². The molecule has 0 saturated heterocycles. The molecular weight excluding hydrogens is 264 g/mol. The van der Waals surface area contributed by atoms with Crippen LogP contribution in [0.3, 0.4) is 0 Å². The van der Waals surface area contributed by atoms with Gasteiger partial charge in [-0.05, 0) is 18.6 Å². The minimum absolute atomic E-state index is 0.00356. The number of hydrogen-bond acceptors (Lipinski definition) is 6. The number of nitrogens with one attached hydrogen (secondary N) is 1. The second kappa shape index (κ2) is 7.88. The van der Waals surface area contributed by atoms with Crippen molar-refractivity contribution in [1.82, 2.24) is 10.3 Å². The Labute approximate surface area is 116 Å². The summed E-state index contributed by atoms with van der Waals surface area (Å²) in [7, 11) is 2.47. The summed E-state index contributed by atoms with van der Waals surface area (Å²) >= 11 is 0. The Morgan fingerprint density at radius 3 is 2.60 bits per heavy atom. The predicted molar refractivity (Wildman–Crippen MR) is 68.8 cm³/mol. The van der Waals surface area contributed by atoms with Crippen molar-refractivity contribution in [3.8, 4) is 0 Å². The van der Waals surface area contributed by atoms with Crippen LogP contribution in [-0.4, -0.2) is 43.1 Å². The molecule has 1 aromatic rings. The van der Waals surface area contributed by atoms with Gasteiger partial charge in [-0.1, -0.05) is 0 Å². The average molecular weight is 280 g/mol. The number of rotatable bonds is 6. The highest BCUT2D eigenvalue weighted by Crippen LogP contribution is 2.04. The van der Waals surface area contributed by atoms with E-state index in [4.69, 9.17) is 0 Å². The molecule has 0 aliphatic carbocycles. The van der Waals surface area contributed by atoms with Crippen LogP contribution in [0.5, 0.6) is 0 Å². The summed E-state index contributed by atoms with van der Waals surface area (Å²) in [5.74, 6) is -1.54. The normalized spacial score (nSPS) is 11.3. The molecular formula is C13H16N2O5. The second-order valence-electron chi connectivity index (χ2n) is 3.91. The Balaban J connectivity index is 2.67. The van der Waals surface area contributed by atoms with Crippen LogP contribution >= 0.6 is 0 Å². The van der Waals surface area contributed by atoms with E-state index in [2.05, 4.69) is 19.8 Å². The van der Waals surface area contributed by atoms with Crippen molar-refractivity contribution in [3.63, 3.8) is 0 Å². The lowest BCUT2D eigenvalue weighted by Gasteiger charge is -2.15. The number of methoxy groups -OCH3 is 2. The summed E-state index contributed by atoms with van der Waals surface area (Å²) < 4.78 is 9.08. The van der Waals surface area contributed by atoms with Gasteiger partial charge in [0.15, 0.2) is 0 Å². The van der Waals surface area contributed by atoms with E-state index >= 15 is 0 Å². The van der Waals surface area contributed by atoms with Crippen molar-refractivity contribution < 1.29 is 23.9 Å². The first-order valence-corrected chi connectivity index (χ1v) is 5.94. The first-order chi connectivity index (χ1) is 9.58. The fourth-order valence-electron chi connectivity index (χ4n) is 1.49. The molecule has 0 saturated carbocycles. The van der Waals surface area contributed by atoms with Gasteiger partial charge in [0.2, 0.25) is 0 Å². The third-order valence-corrected chi connectivity index (χ3v) is 2.58. The molecule has 0 bridgehead atoms. The number of aromatic nitrogens is 1. The van der Waals surface area contributed by atoms with Crippen molar-refractivity contribution in [2.45, 2.75) is 18.9 Å². The van der Waals surface area contributed by atoms with E-state index in [0.717, 1.165) is 0 Å². The van der Waals surface area contributed by atoms with Gasteiger partial charge < -0.3 is 14.8 Å². The lowest BCUT2D eigenvalue weighted by Crippen LogP contribution is -2.41. The highest BCUT2D eigenvalue weighted by atomic mass is 16.5. The molecule has 1 N–H and O–H groups in total. The zero-order valence-corrected chi connectivity index (χ0v) is 11.3. The Kier molecular flexibility index (Phi) is 6.15. The fourth-order valence-corrected chi connectivity index (χ4v) is 1.49. The summed E-state index contributed by atoms with van der Waals surface area (Å²) in [5.41, 5.74) is 0.319. The van der Waals surface area contributed by atoms with Crippen molar-refractivity contribution in [2.24, 2.45) is 0 Å². The molecule has 1 rings (SSSR count). The summed E-state index contributed by atoms with van der Waals surface area (Å²) in [4.78, 5) is 38.4. The van der Waals surface area contributed by atoms with Gasteiger partial charge >= 0.3 is 11.9 Å². The van der Waals surface area contributed by atoms with Crippen LogP contribution in [0, 0.1) is 0 Å². The number of pyridine rings is 1. The maximum atomic E-state index is 11.9. The molecule has 0 aromatic carbocycles. The van der Waals surface area contributed by atoms with Gasteiger partial charge in [0.05, 0.1) is 19.8 Å². The van der Waals surface area contributed by atoms with E-state index in [9.17, 15) is 14.4 Å². The first kappa shape index (κ1) is 15.6. The molecule has 108 valence electrons. The van der Waals surface area contributed by atoms with Gasteiger partial charge in [0.1, 0.15) is 6.04 Å². The molecule has 20 heavy (non-hydrogen) atoms. The molecule has 0 aliphatic rings. The lowest BCUT2D eigenvalue weighted by molar-refractivity contribution is -0.144. The zero-order valence-electron chi connectivity index (χ0n) is 11.3. The molecule has 7 nitrogen and oxygen atoms in total. The van der Waals surface area contributed by atoms with Crippen molar-refractivity contribution in [2.75, 3.05) is 14.2 Å². The quantitative estimate of drug-likeness (QED) is 0.753. The molecule has 1 amide bonds. The number of hydrogen-bond donors (Lipinski definition) is 1. The van der Waals surface area contributed by atoms with Crippen LogP contribution in [0.1, 0.15) is 23.2 Å². The summed E-state index contributed by atoms with van der Waals surface area (Å²) in [6, 6.07) is 2.26. The molecule has 1 aromatic heterocycles. The summed E-state index contributed by atoms with van der Waals surface area (Å²) in [6.07, 6.45) is 3.02. The second-order valence-corrected chi connectivity index (χ2v) is 3.91. The highest BCUT2D eigenvalue weighted by molar-refractivity contribution is 5.96. The van der Waals surface area contributed by atoms with E-state index in [1.54, 1.807) is 12.1 Å². The van der Waals surface area contributed by atoms with Gasteiger partial charge in [-0.3, -0.25) is 14.6 Å². The molecule has 1 unspecified atom stereocenters. The number of esters is 2. The molecule has 0 spiro atoms. The molecule has 1 atom stereocenters.